The average molecular weight is 342 g/mol. The Bertz CT molecular complexity index is 434. The van der Waals surface area contributed by atoms with Crippen LogP contribution in [0.5, 0.6) is 0 Å². The van der Waals surface area contributed by atoms with Crippen molar-refractivity contribution in [3.63, 3.8) is 0 Å². The summed E-state index contributed by atoms with van der Waals surface area (Å²) in [7, 11) is -3.44. The van der Waals surface area contributed by atoms with Crippen molar-refractivity contribution in [2.45, 2.75) is 57.5 Å². The quantitative estimate of drug-likeness (QED) is 0.663. The molecule has 1 amide bonds. The van der Waals surface area contributed by atoms with Crippen molar-refractivity contribution in [2.24, 2.45) is 11.7 Å². The second-order valence-electron chi connectivity index (χ2n) is 6.21. The first-order valence-electron chi connectivity index (χ1n) is 7.15. The monoisotopic (exact) mass is 341 g/mol. The van der Waals surface area contributed by atoms with Gasteiger partial charge < -0.3 is 11.1 Å². The highest BCUT2D eigenvalue weighted by Crippen LogP contribution is 2.26. The fourth-order valence-electron chi connectivity index (χ4n) is 2.76. The number of halogens is 1. The summed E-state index contributed by atoms with van der Waals surface area (Å²) in [6, 6.07) is -0.0802. The van der Waals surface area contributed by atoms with E-state index in [1.54, 1.807) is 13.8 Å². The lowest BCUT2D eigenvalue weighted by Gasteiger charge is -2.33. The van der Waals surface area contributed by atoms with Crippen LogP contribution in [0.2, 0.25) is 0 Å². The minimum atomic E-state index is -3.44. The molecule has 6 nitrogen and oxygen atoms in total. The molecule has 1 rings (SSSR count). The molecule has 1 unspecified atom stereocenters. The van der Waals surface area contributed by atoms with Crippen LogP contribution in [0.25, 0.3) is 0 Å². The van der Waals surface area contributed by atoms with E-state index < -0.39 is 15.6 Å². The first-order valence-corrected chi connectivity index (χ1v) is 9.05. The molecule has 1 aliphatic rings. The number of nitrogens with one attached hydrogen (secondary N) is 2. The summed E-state index contributed by atoms with van der Waals surface area (Å²) in [6.45, 7) is 3.49. The van der Waals surface area contributed by atoms with Gasteiger partial charge in [-0.1, -0.05) is 19.3 Å². The van der Waals surface area contributed by atoms with Crippen LogP contribution in [0, 0.1) is 5.92 Å². The Morgan fingerprint density at radius 1 is 1.29 bits per heavy atom. The standard InChI is InChI=1S/C13H27N3O3S.ClH/c1-13(2,16-20(3,18)19)12(17)15-11(9-14)10-7-5-4-6-8-10;/h10-11,16H,4-9,14H2,1-3H3,(H,15,17);1H. The lowest BCUT2D eigenvalue weighted by atomic mass is 9.83. The molecule has 0 heterocycles. The van der Waals surface area contributed by atoms with Gasteiger partial charge in [0.25, 0.3) is 0 Å². The van der Waals surface area contributed by atoms with E-state index in [0.29, 0.717) is 12.5 Å². The topological polar surface area (TPSA) is 101 Å². The SMILES string of the molecule is CC(C)(NS(C)(=O)=O)C(=O)NC(CN)C1CCCCC1.Cl. The number of sulfonamides is 1. The van der Waals surface area contributed by atoms with Gasteiger partial charge in [0.15, 0.2) is 0 Å². The van der Waals surface area contributed by atoms with Gasteiger partial charge in [-0.25, -0.2) is 13.1 Å². The van der Waals surface area contributed by atoms with Crippen molar-refractivity contribution in [1.82, 2.24) is 10.0 Å². The first-order chi connectivity index (χ1) is 9.15. The highest BCUT2D eigenvalue weighted by atomic mass is 35.5. The molecule has 1 fully saturated rings. The number of carbonyl (C=O) groups excluding carboxylic acids is 1. The summed E-state index contributed by atoms with van der Waals surface area (Å²) in [5, 5.41) is 2.91. The van der Waals surface area contributed by atoms with Gasteiger partial charge in [0.2, 0.25) is 15.9 Å². The van der Waals surface area contributed by atoms with E-state index >= 15 is 0 Å². The maximum absolute atomic E-state index is 12.3. The summed E-state index contributed by atoms with van der Waals surface area (Å²) in [5.41, 5.74) is 4.60. The zero-order valence-electron chi connectivity index (χ0n) is 13.0. The van der Waals surface area contributed by atoms with E-state index in [1.807, 2.05) is 0 Å². The lowest BCUT2D eigenvalue weighted by Crippen LogP contribution is -2.58. The van der Waals surface area contributed by atoms with Crippen LogP contribution >= 0.6 is 12.4 Å². The molecule has 4 N–H and O–H groups in total. The predicted octanol–water partition coefficient (Wildman–Crippen LogP) is 0.760. The van der Waals surface area contributed by atoms with Gasteiger partial charge in [-0.2, -0.15) is 0 Å². The highest BCUT2D eigenvalue weighted by molar-refractivity contribution is 7.88. The Labute approximate surface area is 134 Å². The summed E-state index contributed by atoms with van der Waals surface area (Å²) >= 11 is 0. The number of hydrogen-bond acceptors (Lipinski definition) is 4. The van der Waals surface area contributed by atoms with Crippen molar-refractivity contribution in [3.05, 3.63) is 0 Å². The molecule has 0 aromatic carbocycles. The zero-order chi connectivity index (χ0) is 15.4. The molecule has 21 heavy (non-hydrogen) atoms. The third-order valence-electron chi connectivity index (χ3n) is 3.80. The van der Waals surface area contributed by atoms with Crippen molar-refractivity contribution in [3.8, 4) is 0 Å². The van der Waals surface area contributed by atoms with Crippen LogP contribution in [-0.4, -0.2) is 38.7 Å². The third kappa shape index (κ3) is 6.95. The van der Waals surface area contributed by atoms with Crippen LogP contribution < -0.4 is 15.8 Å². The van der Waals surface area contributed by atoms with E-state index in [4.69, 9.17) is 5.73 Å². The van der Waals surface area contributed by atoms with Crippen molar-refractivity contribution in [1.29, 1.82) is 0 Å². The fraction of sp³-hybridized carbons (Fsp3) is 0.923. The first kappa shape index (κ1) is 20.6. The molecule has 1 saturated carbocycles. The molecule has 0 aliphatic heterocycles. The summed E-state index contributed by atoms with van der Waals surface area (Å²) in [6.07, 6.45) is 6.76. The molecule has 126 valence electrons. The molecule has 0 aromatic heterocycles. The summed E-state index contributed by atoms with van der Waals surface area (Å²) < 4.78 is 24.9. The summed E-state index contributed by atoms with van der Waals surface area (Å²) in [5.74, 6) is 0.0654. The van der Waals surface area contributed by atoms with Gasteiger partial charge in [0, 0.05) is 12.6 Å². The Hall–Kier alpha value is -0.370. The number of amides is 1. The molecule has 0 saturated heterocycles. The highest BCUT2D eigenvalue weighted by Gasteiger charge is 2.33. The predicted molar refractivity (Wildman–Crippen MR) is 86.9 cm³/mol. The van der Waals surface area contributed by atoms with Crippen molar-refractivity contribution >= 4 is 28.3 Å². The number of hydrogen-bond donors (Lipinski definition) is 3. The van der Waals surface area contributed by atoms with E-state index in [2.05, 4.69) is 10.0 Å². The van der Waals surface area contributed by atoms with Gasteiger partial charge in [-0.3, -0.25) is 4.79 Å². The molecule has 8 heteroatoms. The molecule has 0 aromatic rings. The molecular weight excluding hydrogens is 314 g/mol. The minimum absolute atomic E-state index is 0. The van der Waals surface area contributed by atoms with E-state index in [-0.39, 0.29) is 24.4 Å². The normalized spacial score (nSPS) is 18.7. The van der Waals surface area contributed by atoms with Gasteiger partial charge in [-0.05, 0) is 32.6 Å². The van der Waals surface area contributed by atoms with Gasteiger partial charge >= 0.3 is 0 Å². The second-order valence-corrected chi connectivity index (χ2v) is 7.96. The Morgan fingerprint density at radius 3 is 2.24 bits per heavy atom. The van der Waals surface area contributed by atoms with Gasteiger partial charge in [-0.15, -0.1) is 12.4 Å². The molecule has 0 spiro atoms. The number of rotatable bonds is 6. The van der Waals surface area contributed by atoms with E-state index in [9.17, 15) is 13.2 Å². The molecular formula is C13H28ClN3O3S. The Kier molecular flexibility index (Phi) is 8.17. The minimum Gasteiger partial charge on any atom is -0.350 e. The molecule has 0 radical (unpaired) electrons. The van der Waals surface area contributed by atoms with Crippen LogP contribution in [0.3, 0.4) is 0 Å². The largest absolute Gasteiger partial charge is 0.350 e. The lowest BCUT2D eigenvalue weighted by molar-refractivity contribution is -0.126. The Morgan fingerprint density at radius 2 is 1.81 bits per heavy atom. The number of nitrogens with two attached hydrogens (primary N) is 1. The van der Waals surface area contributed by atoms with Gasteiger partial charge in [0.1, 0.15) is 5.54 Å². The van der Waals surface area contributed by atoms with E-state index in [1.165, 1.54) is 19.3 Å². The third-order valence-corrected chi connectivity index (χ3v) is 4.68. The second kappa shape index (κ2) is 8.31. The van der Waals surface area contributed by atoms with E-state index in [0.717, 1.165) is 19.1 Å². The maximum atomic E-state index is 12.3. The van der Waals surface area contributed by atoms with Crippen LogP contribution in [0.1, 0.15) is 46.0 Å². The van der Waals surface area contributed by atoms with Crippen LogP contribution in [0.4, 0.5) is 0 Å². The van der Waals surface area contributed by atoms with Crippen LogP contribution in [-0.2, 0) is 14.8 Å². The van der Waals surface area contributed by atoms with Crippen molar-refractivity contribution in [2.75, 3.05) is 12.8 Å². The van der Waals surface area contributed by atoms with Crippen LogP contribution in [0.15, 0.2) is 0 Å². The molecule has 0 bridgehead atoms. The summed E-state index contributed by atoms with van der Waals surface area (Å²) in [4.78, 5) is 12.3. The molecule has 1 atom stereocenters. The Balaban J connectivity index is 0.00000400. The van der Waals surface area contributed by atoms with Crippen molar-refractivity contribution < 1.29 is 13.2 Å². The maximum Gasteiger partial charge on any atom is 0.240 e. The smallest absolute Gasteiger partial charge is 0.240 e. The average Bonchev–Trinajstić information content (AvgIpc) is 2.33. The fourth-order valence-corrected chi connectivity index (χ4v) is 3.78. The van der Waals surface area contributed by atoms with Gasteiger partial charge in [0.05, 0.1) is 6.26 Å². The number of carbonyl (C=O) groups is 1. The zero-order valence-corrected chi connectivity index (χ0v) is 14.6. The molecule has 1 aliphatic carbocycles.